The number of hydrogen-bond donors (Lipinski definition) is 1. The van der Waals surface area contributed by atoms with Gasteiger partial charge in [0.2, 0.25) is 0 Å². The molecule has 0 spiro atoms. The van der Waals surface area contributed by atoms with Gasteiger partial charge in [-0.25, -0.2) is 4.98 Å². The molecule has 0 unspecified atom stereocenters. The number of rotatable bonds is 3. The summed E-state index contributed by atoms with van der Waals surface area (Å²) in [6.07, 6.45) is 11.7. The molecule has 5 heteroatoms. The molecule has 0 atom stereocenters. The van der Waals surface area contributed by atoms with Crippen molar-refractivity contribution >= 4 is 23.2 Å². The summed E-state index contributed by atoms with van der Waals surface area (Å²) in [5.41, 5.74) is 4.92. The summed E-state index contributed by atoms with van der Waals surface area (Å²) < 4.78 is 1.89. The predicted octanol–water partition coefficient (Wildman–Crippen LogP) is 4.93. The zero-order valence-electron chi connectivity index (χ0n) is 14.4. The van der Waals surface area contributed by atoms with Crippen LogP contribution in [0.1, 0.15) is 28.9 Å². The van der Waals surface area contributed by atoms with Gasteiger partial charge in [0.05, 0.1) is 11.3 Å². The van der Waals surface area contributed by atoms with Gasteiger partial charge < -0.3 is 9.72 Å². The molecule has 1 N–H and O–H groups in total. The van der Waals surface area contributed by atoms with Crippen LogP contribution in [-0.4, -0.2) is 15.3 Å². The first-order valence-corrected chi connectivity index (χ1v) is 8.91. The number of imidazole rings is 1. The molecule has 1 aliphatic rings. The maximum atomic E-state index is 12.8. The molecule has 0 aliphatic heterocycles. The third kappa shape index (κ3) is 3.28. The summed E-state index contributed by atoms with van der Waals surface area (Å²) in [6, 6.07) is 9.45. The summed E-state index contributed by atoms with van der Waals surface area (Å²) in [5.74, 6) is -0.140. The van der Waals surface area contributed by atoms with Crippen LogP contribution in [0.25, 0.3) is 16.8 Å². The topological polar surface area (TPSA) is 46.4 Å². The molecule has 0 bridgehead atoms. The average molecular weight is 364 g/mol. The Morgan fingerprint density at radius 1 is 1.23 bits per heavy atom. The maximum Gasteiger partial charge on any atom is 0.257 e. The lowest BCUT2D eigenvalue weighted by Gasteiger charge is -2.11. The van der Waals surface area contributed by atoms with Gasteiger partial charge >= 0.3 is 0 Å². The van der Waals surface area contributed by atoms with E-state index in [-0.39, 0.29) is 5.91 Å². The summed E-state index contributed by atoms with van der Waals surface area (Å²) in [7, 11) is 0. The van der Waals surface area contributed by atoms with Crippen molar-refractivity contribution in [1.82, 2.24) is 14.7 Å². The molecule has 4 rings (SSSR count). The summed E-state index contributed by atoms with van der Waals surface area (Å²) in [5, 5.41) is 3.62. The summed E-state index contributed by atoms with van der Waals surface area (Å²) in [4.78, 5) is 17.4. The molecule has 3 aromatic rings. The zero-order valence-corrected chi connectivity index (χ0v) is 15.1. The van der Waals surface area contributed by atoms with Gasteiger partial charge in [-0.05, 0) is 49.6 Å². The second-order valence-electron chi connectivity index (χ2n) is 6.36. The molecule has 2 aromatic heterocycles. The second kappa shape index (κ2) is 6.81. The van der Waals surface area contributed by atoms with Crippen molar-refractivity contribution in [2.24, 2.45) is 0 Å². The van der Waals surface area contributed by atoms with Crippen molar-refractivity contribution < 1.29 is 4.79 Å². The number of nitrogens with zero attached hydrogens (tertiary/aromatic N) is 2. The lowest BCUT2D eigenvalue weighted by molar-refractivity contribution is 0.0966. The molecule has 0 radical (unpaired) electrons. The highest BCUT2D eigenvalue weighted by Gasteiger charge is 2.15. The highest BCUT2D eigenvalue weighted by Crippen LogP contribution is 2.28. The normalized spacial score (nSPS) is 13.7. The van der Waals surface area contributed by atoms with Crippen molar-refractivity contribution in [1.29, 1.82) is 0 Å². The van der Waals surface area contributed by atoms with E-state index in [0.29, 0.717) is 10.6 Å². The van der Waals surface area contributed by atoms with E-state index in [9.17, 15) is 4.79 Å². The quantitative estimate of drug-likeness (QED) is 0.717. The molecule has 0 saturated carbocycles. The van der Waals surface area contributed by atoms with Crippen LogP contribution < -0.4 is 5.32 Å². The third-order valence-corrected chi connectivity index (χ3v) is 4.56. The number of allylic oxidation sites excluding steroid dienone is 3. The van der Waals surface area contributed by atoms with E-state index < -0.39 is 0 Å². The lowest BCUT2D eigenvalue weighted by atomic mass is 10.0. The number of nitrogens with one attached hydrogen (secondary N) is 1. The number of amides is 1. The Hall–Kier alpha value is -2.85. The van der Waals surface area contributed by atoms with Crippen LogP contribution in [0, 0.1) is 6.92 Å². The van der Waals surface area contributed by atoms with Gasteiger partial charge in [-0.2, -0.15) is 0 Å². The molecule has 1 aliphatic carbocycles. The molecule has 1 amide bonds. The van der Waals surface area contributed by atoms with Crippen molar-refractivity contribution in [2.75, 3.05) is 0 Å². The van der Waals surface area contributed by atoms with Gasteiger partial charge in [-0.15, -0.1) is 0 Å². The number of hydrogen-bond acceptors (Lipinski definition) is 2. The Kier molecular flexibility index (Phi) is 4.35. The highest BCUT2D eigenvalue weighted by atomic mass is 35.5. The molecule has 4 nitrogen and oxygen atoms in total. The Balaban J connectivity index is 1.79. The Labute approximate surface area is 156 Å². The first kappa shape index (κ1) is 16.6. The summed E-state index contributed by atoms with van der Waals surface area (Å²) >= 11 is 6.16. The smallest absolute Gasteiger partial charge is 0.257 e. The number of carbonyl (C=O) groups is 1. The molecular weight excluding hydrogens is 346 g/mol. The average Bonchev–Trinajstić information content (AvgIpc) is 3.01. The van der Waals surface area contributed by atoms with E-state index in [0.717, 1.165) is 41.0 Å². The van der Waals surface area contributed by atoms with Crippen LogP contribution in [0.15, 0.2) is 66.7 Å². The van der Waals surface area contributed by atoms with E-state index in [1.807, 2.05) is 66.2 Å². The van der Waals surface area contributed by atoms with Gasteiger partial charge in [0, 0.05) is 28.7 Å². The predicted molar refractivity (Wildman–Crippen MR) is 104 cm³/mol. The highest BCUT2D eigenvalue weighted by molar-refractivity contribution is 6.30. The van der Waals surface area contributed by atoms with Crippen LogP contribution in [0.3, 0.4) is 0 Å². The lowest BCUT2D eigenvalue weighted by Crippen LogP contribution is -2.23. The minimum absolute atomic E-state index is 0.140. The second-order valence-corrected chi connectivity index (χ2v) is 6.80. The van der Waals surface area contributed by atoms with Gasteiger partial charge in [-0.1, -0.05) is 35.9 Å². The summed E-state index contributed by atoms with van der Waals surface area (Å²) in [6.45, 7) is 1.94. The number of pyridine rings is 1. The monoisotopic (exact) mass is 363 g/mol. The number of carbonyl (C=O) groups excluding carboxylic acids is 1. The standard InChI is InChI=1S/C21H18ClN3O/c1-14-12-25-13-16(21(26)24-18-8-3-2-4-9-18)11-19(20(25)23-14)15-6-5-7-17(22)10-15/h3,5-13H,2,4H2,1H3,(H,24,26). The molecule has 0 fully saturated rings. The fraction of sp³-hybridized carbons (Fsp3) is 0.143. The zero-order chi connectivity index (χ0) is 18.1. The first-order chi connectivity index (χ1) is 12.6. The van der Waals surface area contributed by atoms with Crippen LogP contribution in [0.2, 0.25) is 5.02 Å². The minimum Gasteiger partial charge on any atom is -0.322 e. The molecular formula is C21H18ClN3O. The number of fused-ring (bicyclic) bond motifs is 1. The SMILES string of the molecule is Cc1cn2cc(C(=O)NC3=CCCC=C3)cc(-c3cccc(Cl)c3)c2n1. The van der Waals surface area contributed by atoms with Crippen LogP contribution in [0.4, 0.5) is 0 Å². The number of benzene rings is 1. The molecule has 26 heavy (non-hydrogen) atoms. The molecule has 130 valence electrons. The maximum absolute atomic E-state index is 12.8. The van der Waals surface area contributed by atoms with Crippen molar-refractivity contribution in [3.8, 4) is 11.1 Å². The van der Waals surface area contributed by atoms with E-state index >= 15 is 0 Å². The van der Waals surface area contributed by atoms with Crippen LogP contribution in [-0.2, 0) is 0 Å². The number of halogens is 1. The van der Waals surface area contributed by atoms with E-state index in [2.05, 4.69) is 16.4 Å². The minimum atomic E-state index is -0.140. The fourth-order valence-electron chi connectivity index (χ4n) is 3.12. The Morgan fingerprint density at radius 3 is 2.88 bits per heavy atom. The van der Waals surface area contributed by atoms with Crippen LogP contribution >= 0.6 is 11.6 Å². The van der Waals surface area contributed by atoms with Crippen molar-refractivity contribution in [2.45, 2.75) is 19.8 Å². The van der Waals surface area contributed by atoms with Gasteiger partial charge in [0.1, 0.15) is 5.65 Å². The largest absolute Gasteiger partial charge is 0.322 e. The van der Waals surface area contributed by atoms with E-state index in [4.69, 9.17) is 11.6 Å². The Morgan fingerprint density at radius 2 is 2.12 bits per heavy atom. The Bertz CT molecular complexity index is 1060. The van der Waals surface area contributed by atoms with E-state index in [1.54, 1.807) is 0 Å². The first-order valence-electron chi connectivity index (χ1n) is 8.53. The van der Waals surface area contributed by atoms with Crippen LogP contribution in [0.5, 0.6) is 0 Å². The van der Waals surface area contributed by atoms with Gasteiger partial charge in [-0.3, -0.25) is 4.79 Å². The molecule has 0 saturated heterocycles. The number of aromatic nitrogens is 2. The molecule has 1 aromatic carbocycles. The molecule has 2 heterocycles. The van der Waals surface area contributed by atoms with Gasteiger partial charge in [0.25, 0.3) is 5.91 Å². The van der Waals surface area contributed by atoms with Crippen molar-refractivity contribution in [3.63, 3.8) is 0 Å². The number of aryl methyl sites for hydroxylation is 1. The third-order valence-electron chi connectivity index (χ3n) is 4.32. The van der Waals surface area contributed by atoms with Gasteiger partial charge in [0.15, 0.2) is 0 Å². The van der Waals surface area contributed by atoms with E-state index in [1.165, 1.54) is 0 Å². The van der Waals surface area contributed by atoms with Crippen molar-refractivity contribution in [3.05, 3.63) is 82.9 Å². The fourth-order valence-corrected chi connectivity index (χ4v) is 3.31.